The lowest BCUT2D eigenvalue weighted by Crippen LogP contribution is -2.51. The Morgan fingerprint density at radius 3 is 2.39 bits per heavy atom. The maximum Gasteiger partial charge on any atom is 0.183 e. The number of aromatic nitrogens is 1. The normalized spacial score (nSPS) is 41.3. The van der Waals surface area contributed by atoms with Crippen LogP contribution in [0.4, 0.5) is 5.13 Å². The molecule has 4 aliphatic rings. The van der Waals surface area contributed by atoms with Gasteiger partial charge in [0, 0.05) is 17.1 Å². The molecule has 1 aromatic rings. The number of nitrogens with zero attached hydrogens (tertiary/aromatic N) is 1. The van der Waals surface area contributed by atoms with Crippen LogP contribution in [-0.2, 0) is 6.42 Å². The molecule has 18 heavy (non-hydrogen) atoms. The second-order valence-electron chi connectivity index (χ2n) is 6.59. The minimum atomic E-state index is 0.730. The van der Waals surface area contributed by atoms with Gasteiger partial charge in [-0.3, -0.25) is 0 Å². The van der Waals surface area contributed by atoms with Crippen molar-refractivity contribution in [1.29, 1.82) is 0 Å². The number of aryl methyl sites for hydroxylation is 1. The summed E-state index contributed by atoms with van der Waals surface area (Å²) in [7, 11) is 0. The van der Waals surface area contributed by atoms with E-state index in [9.17, 15) is 0 Å². The molecule has 4 aliphatic carbocycles. The lowest BCUT2D eigenvalue weighted by Gasteiger charge is -2.54. The quantitative estimate of drug-likeness (QED) is 0.892. The number of hydrogen-bond donors (Lipinski definition) is 1. The van der Waals surface area contributed by atoms with E-state index in [4.69, 9.17) is 0 Å². The summed E-state index contributed by atoms with van der Waals surface area (Å²) in [6, 6.07) is 0.730. The van der Waals surface area contributed by atoms with E-state index in [0.717, 1.165) is 36.1 Å². The van der Waals surface area contributed by atoms with Crippen LogP contribution in [0.2, 0.25) is 0 Å². The molecule has 0 spiro atoms. The molecular formula is C15H22N2S. The SMILES string of the molecule is CCc1cnc(NC2C3CC4CC(C3)CC2C4)s1. The van der Waals surface area contributed by atoms with Crippen molar-refractivity contribution in [3.8, 4) is 0 Å². The molecule has 0 saturated heterocycles. The van der Waals surface area contributed by atoms with Crippen molar-refractivity contribution < 1.29 is 0 Å². The topological polar surface area (TPSA) is 24.9 Å². The molecule has 0 amide bonds. The highest BCUT2D eigenvalue weighted by molar-refractivity contribution is 7.15. The van der Waals surface area contributed by atoms with Gasteiger partial charge in [-0.15, -0.1) is 11.3 Å². The van der Waals surface area contributed by atoms with E-state index in [2.05, 4.69) is 17.2 Å². The Labute approximate surface area is 113 Å². The Kier molecular flexibility index (Phi) is 2.65. The average Bonchev–Trinajstić information content (AvgIpc) is 2.80. The van der Waals surface area contributed by atoms with Gasteiger partial charge in [0.15, 0.2) is 5.13 Å². The highest BCUT2D eigenvalue weighted by atomic mass is 32.1. The zero-order valence-electron chi connectivity index (χ0n) is 11.1. The summed E-state index contributed by atoms with van der Waals surface area (Å²) in [5.74, 6) is 4.01. The molecule has 0 unspecified atom stereocenters. The molecular weight excluding hydrogens is 240 g/mol. The number of anilines is 1. The predicted molar refractivity (Wildman–Crippen MR) is 75.9 cm³/mol. The first kappa shape index (κ1) is 11.3. The monoisotopic (exact) mass is 262 g/mol. The van der Waals surface area contributed by atoms with Crippen LogP contribution in [0.15, 0.2) is 6.20 Å². The van der Waals surface area contributed by atoms with Gasteiger partial charge in [-0.25, -0.2) is 4.98 Å². The lowest BCUT2D eigenvalue weighted by atomic mass is 9.54. The van der Waals surface area contributed by atoms with Crippen LogP contribution in [0, 0.1) is 23.7 Å². The highest BCUT2D eigenvalue weighted by Gasteiger charge is 2.48. The van der Waals surface area contributed by atoms with E-state index < -0.39 is 0 Å². The van der Waals surface area contributed by atoms with Gasteiger partial charge in [0.25, 0.3) is 0 Å². The molecule has 98 valence electrons. The second kappa shape index (κ2) is 4.22. The Bertz CT molecular complexity index is 411. The van der Waals surface area contributed by atoms with Gasteiger partial charge >= 0.3 is 0 Å². The fraction of sp³-hybridized carbons (Fsp3) is 0.800. The molecule has 1 heterocycles. The van der Waals surface area contributed by atoms with Crippen molar-refractivity contribution in [1.82, 2.24) is 4.98 Å². The van der Waals surface area contributed by atoms with Crippen LogP contribution >= 0.6 is 11.3 Å². The summed E-state index contributed by atoms with van der Waals surface area (Å²) >= 11 is 1.85. The van der Waals surface area contributed by atoms with Crippen molar-refractivity contribution in [3.05, 3.63) is 11.1 Å². The number of rotatable bonds is 3. The Balaban J connectivity index is 1.51. The van der Waals surface area contributed by atoms with Gasteiger partial charge in [-0.1, -0.05) is 6.92 Å². The number of nitrogens with one attached hydrogen (secondary N) is 1. The molecule has 1 aromatic heterocycles. The van der Waals surface area contributed by atoms with E-state index in [1.165, 1.54) is 42.1 Å². The van der Waals surface area contributed by atoms with Crippen molar-refractivity contribution in [2.45, 2.75) is 51.5 Å². The van der Waals surface area contributed by atoms with Gasteiger partial charge in [0.1, 0.15) is 0 Å². The smallest absolute Gasteiger partial charge is 0.183 e. The maximum absolute atomic E-state index is 4.55. The molecule has 0 radical (unpaired) electrons. The first-order chi connectivity index (χ1) is 8.81. The van der Waals surface area contributed by atoms with Gasteiger partial charge in [0.05, 0.1) is 0 Å². The summed E-state index contributed by atoms with van der Waals surface area (Å²) in [6.07, 6.45) is 10.6. The standard InChI is InChI=1S/C15H22N2S/c1-2-13-8-16-15(18-13)17-14-11-4-9-3-10(6-11)7-12(14)5-9/h8-12,14H,2-7H2,1H3,(H,16,17). The summed E-state index contributed by atoms with van der Waals surface area (Å²) in [6.45, 7) is 2.21. The molecule has 4 saturated carbocycles. The van der Waals surface area contributed by atoms with Crippen molar-refractivity contribution in [2.24, 2.45) is 23.7 Å². The predicted octanol–water partition coefficient (Wildman–Crippen LogP) is 3.94. The summed E-state index contributed by atoms with van der Waals surface area (Å²) in [5, 5.41) is 4.96. The lowest BCUT2D eigenvalue weighted by molar-refractivity contribution is 0.00753. The molecule has 3 heteroatoms. The van der Waals surface area contributed by atoms with Crippen LogP contribution < -0.4 is 5.32 Å². The fourth-order valence-corrected chi connectivity index (χ4v) is 5.64. The molecule has 2 nitrogen and oxygen atoms in total. The first-order valence-corrected chi connectivity index (χ1v) is 8.34. The summed E-state index contributed by atoms with van der Waals surface area (Å²) < 4.78 is 0. The van der Waals surface area contributed by atoms with Crippen molar-refractivity contribution in [2.75, 3.05) is 5.32 Å². The summed E-state index contributed by atoms with van der Waals surface area (Å²) in [4.78, 5) is 5.95. The van der Waals surface area contributed by atoms with Crippen LogP contribution in [0.5, 0.6) is 0 Å². The molecule has 4 fully saturated rings. The molecule has 0 atom stereocenters. The Morgan fingerprint density at radius 2 is 1.83 bits per heavy atom. The molecule has 1 N–H and O–H groups in total. The highest BCUT2D eigenvalue weighted by Crippen LogP contribution is 2.54. The Morgan fingerprint density at radius 1 is 1.17 bits per heavy atom. The van der Waals surface area contributed by atoms with E-state index >= 15 is 0 Å². The summed E-state index contributed by atoms with van der Waals surface area (Å²) in [5.41, 5.74) is 0. The third-order valence-corrected chi connectivity index (χ3v) is 6.49. The molecule has 5 rings (SSSR count). The largest absolute Gasteiger partial charge is 0.358 e. The Hall–Kier alpha value is -0.570. The van der Waals surface area contributed by atoms with Crippen molar-refractivity contribution >= 4 is 16.5 Å². The number of hydrogen-bond acceptors (Lipinski definition) is 3. The van der Waals surface area contributed by atoms with Gasteiger partial charge < -0.3 is 5.32 Å². The van der Waals surface area contributed by atoms with Crippen LogP contribution in [0.1, 0.15) is 43.9 Å². The van der Waals surface area contributed by atoms with Crippen molar-refractivity contribution in [3.63, 3.8) is 0 Å². The maximum atomic E-state index is 4.55. The molecule has 4 bridgehead atoms. The third kappa shape index (κ3) is 1.78. The van der Waals surface area contributed by atoms with Crippen LogP contribution in [0.25, 0.3) is 0 Å². The molecule has 0 aromatic carbocycles. The van der Waals surface area contributed by atoms with Crippen LogP contribution in [-0.4, -0.2) is 11.0 Å². The third-order valence-electron chi connectivity index (χ3n) is 5.42. The van der Waals surface area contributed by atoms with E-state index in [0.29, 0.717) is 0 Å². The average molecular weight is 262 g/mol. The minimum absolute atomic E-state index is 0.730. The van der Waals surface area contributed by atoms with Crippen LogP contribution in [0.3, 0.4) is 0 Å². The second-order valence-corrected chi connectivity index (χ2v) is 7.70. The zero-order chi connectivity index (χ0) is 12.1. The fourth-order valence-electron chi connectivity index (χ4n) is 4.84. The van der Waals surface area contributed by atoms with E-state index in [-0.39, 0.29) is 0 Å². The molecule has 0 aliphatic heterocycles. The van der Waals surface area contributed by atoms with Gasteiger partial charge in [-0.2, -0.15) is 0 Å². The van der Waals surface area contributed by atoms with Gasteiger partial charge in [0.2, 0.25) is 0 Å². The van der Waals surface area contributed by atoms with E-state index in [1.807, 2.05) is 17.5 Å². The van der Waals surface area contributed by atoms with Gasteiger partial charge in [-0.05, 0) is 62.2 Å². The minimum Gasteiger partial charge on any atom is -0.358 e. The first-order valence-electron chi connectivity index (χ1n) is 7.53. The number of thiazole rings is 1. The zero-order valence-corrected chi connectivity index (χ0v) is 11.9. The van der Waals surface area contributed by atoms with E-state index in [1.54, 1.807) is 0 Å².